The van der Waals surface area contributed by atoms with Crippen molar-refractivity contribution in [1.29, 1.82) is 0 Å². The Kier molecular flexibility index (Phi) is 7.79. The summed E-state index contributed by atoms with van der Waals surface area (Å²) in [6, 6.07) is 13.7. The molecule has 0 saturated heterocycles. The third kappa shape index (κ3) is 6.40. The van der Waals surface area contributed by atoms with Gasteiger partial charge in [-0.3, -0.25) is 4.99 Å². The topological polar surface area (TPSA) is 64.1 Å². The van der Waals surface area contributed by atoms with Gasteiger partial charge >= 0.3 is 0 Å². The van der Waals surface area contributed by atoms with E-state index in [0.29, 0.717) is 30.6 Å². The van der Waals surface area contributed by atoms with Gasteiger partial charge in [0.15, 0.2) is 17.5 Å². The van der Waals surface area contributed by atoms with Crippen LogP contribution in [0.15, 0.2) is 47.5 Å². The molecule has 0 aliphatic heterocycles. The van der Waals surface area contributed by atoms with Crippen molar-refractivity contribution in [2.75, 3.05) is 26.1 Å². The Hall–Kier alpha value is -2.89. The van der Waals surface area contributed by atoms with Gasteiger partial charge in [-0.1, -0.05) is 12.1 Å². The van der Waals surface area contributed by atoms with E-state index in [0.717, 1.165) is 17.0 Å². The number of guanidine groups is 1. The number of hydrogen-bond acceptors (Lipinski definition) is 4. The van der Waals surface area contributed by atoms with Gasteiger partial charge in [0.25, 0.3) is 0 Å². The SMILES string of the molecule is CCOc1cc(NC(=NC)NCc2ccc(OC(C)C)cc2)ccc1OC. The van der Waals surface area contributed by atoms with Crippen molar-refractivity contribution in [1.82, 2.24) is 5.32 Å². The molecule has 0 atom stereocenters. The van der Waals surface area contributed by atoms with Gasteiger partial charge in [0.2, 0.25) is 0 Å². The third-order valence-corrected chi connectivity index (χ3v) is 3.70. The van der Waals surface area contributed by atoms with Gasteiger partial charge in [-0.2, -0.15) is 0 Å². The summed E-state index contributed by atoms with van der Waals surface area (Å²) in [5.74, 6) is 2.94. The fourth-order valence-corrected chi connectivity index (χ4v) is 2.48. The van der Waals surface area contributed by atoms with Crippen LogP contribution in [0.3, 0.4) is 0 Å². The van der Waals surface area contributed by atoms with Crippen LogP contribution >= 0.6 is 0 Å². The molecule has 0 fully saturated rings. The minimum Gasteiger partial charge on any atom is -0.493 e. The van der Waals surface area contributed by atoms with Crippen molar-refractivity contribution in [2.45, 2.75) is 33.4 Å². The maximum atomic E-state index is 5.67. The van der Waals surface area contributed by atoms with Crippen LogP contribution in [0.2, 0.25) is 0 Å². The van der Waals surface area contributed by atoms with Gasteiger partial charge in [-0.15, -0.1) is 0 Å². The standard InChI is InChI=1S/C21H29N3O3/c1-6-26-20-13-17(9-12-19(20)25-5)24-21(22-4)23-14-16-7-10-18(11-8-16)27-15(2)3/h7-13,15H,6,14H2,1-5H3,(H2,22,23,24). The molecule has 2 aromatic rings. The lowest BCUT2D eigenvalue weighted by Gasteiger charge is -2.15. The van der Waals surface area contributed by atoms with Crippen LogP contribution in [0, 0.1) is 0 Å². The van der Waals surface area contributed by atoms with E-state index in [2.05, 4.69) is 15.6 Å². The Morgan fingerprint density at radius 1 is 1.07 bits per heavy atom. The predicted molar refractivity (Wildman–Crippen MR) is 110 cm³/mol. The normalized spacial score (nSPS) is 11.3. The molecule has 0 bridgehead atoms. The second-order valence-electron chi connectivity index (χ2n) is 6.16. The molecule has 146 valence electrons. The molecule has 0 saturated carbocycles. The summed E-state index contributed by atoms with van der Waals surface area (Å²) < 4.78 is 16.6. The second-order valence-corrected chi connectivity index (χ2v) is 6.16. The first kappa shape index (κ1) is 20.4. The fourth-order valence-electron chi connectivity index (χ4n) is 2.48. The number of nitrogens with zero attached hydrogens (tertiary/aromatic N) is 1. The minimum atomic E-state index is 0.170. The van der Waals surface area contributed by atoms with Gasteiger partial charge in [0, 0.05) is 25.3 Å². The zero-order valence-corrected chi connectivity index (χ0v) is 16.7. The summed E-state index contributed by atoms with van der Waals surface area (Å²) in [4.78, 5) is 4.27. The molecule has 2 aromatic carbocycles. The molecule has 0 aromatic heterocycles. The molecule has 2 N–H and O–H groups in total. The molecule has 2 rings (SSSR count). The van der Waals surface area contributed by atoms with E-state index >= 15 is 0 Å². The molecule has 6 heteroatoms. The molecule has 0 aliphatic carbocycles. The summed E-state index contributed by atoms with van der Waals surface area (Å²) in [5.41, 5.74) is 2.01. The Morgan fingerprint density at radius 2 is 1.81 bits per heavy atom. The van der Waals surface area contributed by atoms with Crippen LogP contribution < -0.4 is 24.8 Å². The van der Waals surface area contributed by atoms with Gasteiger partial charge in [0.05, 0.1) is 19.8 Å². The Balaban J connectivity index is 1.97. The number of nitrogens with one attached hydrogen (secondary N) is 2. The monoisotopic (exact) mass is 371 g/mol. The first-order valence-electron chi connectivity index (χ1n) is 9.09. The molecule has 6 nitrogen and oxygen atoms in total. The maximum absolute atomic E-state index is 5.67. The van der Waals surface area contributed by atoms with Crippen molar-refractivity contribution in [3.05, 3.63) is 48.0 Å². The maximum Gasteiger partial charge on any atom is 0.195 e. The fraction of sp³-hybridized carbons (Fsp3) is 0.381. The number of benzene rings is 2. The molecule has 0 aliphatic rings. The Bertz CT molecular complexity index is 743. The van der Waals surface area contributed by atoms with E-state index in [1.165, 1.54) is 0 Å². The summed E-state index contributed by atoms with van der Waals surface area (Å²) >= 11 is 0. The average molecular weight is 371 g/mol. The first-order valence-corrected chi connectivity index (χ1v) is 9.09. The van der Waals surface area contributed by atoms with Gasteiger partial charge in [-0.05, 0) is 50.6 Å². The van der Waals surface area contributed by atoms with Gasteiger partial charge < -0.3 is 24.8 Å². The van der Waals surface area contributed by atoms with Crippen molar-refractivity contribution in [3.63, 3.8) is 0 Å². The molecular formula is C21H29N3O3. The van der Waals surface area contributed by atoms with Crippen molar-refractivity contribution < 1.29 is 14.2 Å². The van der Waals surface area contributed by atoms with E-state index < -0.39 is 0 Å². The smallest absolute Gasteiger partial charge is 0.195 e. The average Bonchev–Trinajstić information content (AvgIpc) is 2.66. The van der Waals surface area contributed by atoms with E-state index in [1.807, 2.05) is 63.2 Å². The molecule has 0 radical (unpaired) electrons. The number of ether oxygens (including phenoxy) is 3. The van der Waals surface area contributed by atoms with Gasteiger partial charge in [-0.25, -0.2) is 0 Å². The zero-order valence-electron chi connectivity index (χ0n) is 16.7. The van der Waals surface area contributed by atoms with E-state index in [-0.39, 0.29) is 6.10 Å². The van der Waals surface area contributed by atoms with Crippen LogP contribution in [0.5, 0.6) is 17.2 Å². The number of hydrogen-bond donors (Lipinski definition) is 2. The molecule has 0 amide bonds. The zero-order chi connectivity index (χ0) is 19.6. The highest BCUT2D eigenvalue weighted by molar-refractivity contribution is 5.93. The minimum absolute atomic E-state index is 0.170. The van der Waals surface area contributed by atoms with E-state index in [9.17, 15) is 0 Å². The van der Waals surface area contributed by atoms with Crippen LogP contribution in [-0.2, 0) is 6.54 Å². The third-order valence-electron chi connectivity index (χ3n) is 3.70. The van der Waals surface area contributed by atoms with Crippen molar-refractivity contribution >= 4 is 11.6 Å². The van der Waals surface area contributed by atoms with Crippen LogP contribution in [0.4, 0.5) is 5.69 Å². The molecule has 27 heavy (non-hydrogen) atoms. The highest BCUT2D eigenvalue weighted by Gasteiger charge is 2.07. The largest absolute Gasteiger partial charge is 0.493 e. The number of methoxy groups -OCH3 is 1. The van der Waals surface area contributed by atoms with Crippen molar-refractivity contribution in [3.8, 4) is 17.2 Å². The van der Waals surface area contributed by atoms with Crippen molar-refractivity contribution in [2.24, 2.45) is 4.99 Å². The second kappa shape index (κ2) is 10.3. The lowest BCUT2D eigenvalue weighted by Crippen LogP contribution is -2.30. The summed E-state index contributed by atoms with van der Waals surface area (Å²) in [7, 11) is 3.37. The first-order chi connectivity index (χ1) is 13.0. The lowest BCUT2D eigenvalue weighted by molar-refractivity contribution is 0.242. The molecule has 0 heterocycles. The van der Waals surface area contributed by atoms with Crippen LogP contribution in [0.1, 0.15) is 26.3 Å². The molecular weight excluding hydrogens is 342 g/mol. The number of rotatable bonds is 8. The summed E-state index contributed by atoms with van der Waals surface area (Å²) in [6.45, 7) is 7.19. The highest BCUT2D eigenvalue weighted by Crippen LogP contribution is 2.30. The summed E-state index contributed by atoms with van der Waals surface area (Å²) in [5, 5.41) is 6.57. The molecule has 0 spiro atoms. The number of aliphatic imine (C=N–C) groups is 1. The van der Waals surface area contributed by atoms with Crippen LogP contribution in [-0.4, -0.2) is 32.8 Å². The van der Waals surface area contributed by atoms with E-state index in [1.54, 1.807) is 14.2 Å². The Labute approximate surface area is 161 Å². The van der Waals surface area contributed by atoms with Crippen LogP contribution in [0.25, 0.3) is 0 Å². The van der Waals surface area contributed by atoms with E-state index in [4.69, 9.17) is 14.2 Å². The number of anilines is 1. The lowest BCUT2D eigenvalue weighted by atomic mass is 10.2. The highest BCUT2D eigenvalue weighted by atomic mass is 16.5. The Morgan fingerprint density at radius 3 is 2.41 bits per heavy atom. The molecule has 0 unspecified atom stereocenters. The van der Waals surface area contributed by atoms with Gasteiger partial charge in [0.1, 0.15) is 5.75 Å². The predicted octanol–water partition coefficient (Wildman–Crippen LogP) is 4.07. The quantitative estimate of drug-likeness (QED) is 0.541. The summed E-state index contributed by atoms with van der Waals surface area (Å²) in [6.07, 6.45) is 0.170.